The van der Waals surface area contributed by atoms with E-state index in [1.54, 1.807) is 11.8 Å². The minimum absolute atomic E-state index is 0.0669. The Morgan fingerprint density at radius 3 is 2.87 bits per heavy atom. The molecule has 0 saturated carbocycles. The molecule has 3 heterocycles. The van der Waals surface area contributed by atoms with Crippen LogP contribution in [-0.4, -0.2) is 52.0 Å². The number of fused-ring (bicyclic) bond motifs is 1. The van der Waals surface area contributed by atoms with Crippen LogP contribution in [0.15, 0.2) is 23.0 Å². The smallest absolute Gasteiger partial charge is 0.258 e. The molecule has 0 bridgehead atoms. The van der Waals surface area contributed by atoms with Gasteiger partial charge in [-0.05, 0) is 71.8 Å². The Kier molecular flexibility index (Phi) is 5.97. The molecule has 8 nitrogen and oxygen atoms in total. The zero-order valence-electron chi connectivity index (χ0n) is 18.2. The summed E-state index contributed by atoms with van der Waals surface area (Å²) >= 11 is 0. The number of aryl methyl sites for hydroxylation is 2. The molecular formula is C22H31N6O2+. The number of nitrogens with one attached hydrogen (secondary N) is 2. The van der Waals surface area contributed by atoms with Gasteiger partial charge in [0, 0.05) is 18.5 Å². The number of quaternary nitrogens is 1. The molecule has 0 aliphatic carbocycles. The summed E-state index contributed by atoms with van der Waals surface area (Å²) in [5, 5.41) is 13.5. The summed E-state index contributed by atoms with van der Waals surface area (Å²) < 4.78 is 7.02. The van der Waals surface area contributed by atoms with Crippen LogP contribution in [0.3, 0.4) is 0 Å². The quantitative estimate of drug-likeness (QED) is 0.636. The lowest BCUT2D eigenvalue weighted by Gasteiger charge is -2.33. The minimum atomic E-state index is -0.214. The molecule has 1 fully saturated rings. The first-order valence-electron chi connectivity index (χ1n) is 10.7. The van der Waals surface area contributed by atoms with Crippen LogP contribution in [0, 0.1) is 19.8 Å². The van der Waals surface area contributed by atoms with Crippen LogP contribution in [0.25, 0.3) is 10.9 Å². The van der Waals surface area contributed by atoms with Gasteiger partial charge >= 0.3 is 0 Å². The average molecular weight is 412 g/mol. The van der Waals surface area contributed by atoms with Gasteiger partial charge in [-0.25, -0.2) is 4.68 Å². The second kappa shape index (κ2) is 8.65. The van der Waals surface area contributed by atoms with Gasteiger partial charge in [0.2, 0.25) is 5.82 Å². The number of ether oxygens (including phenoxy) is 1. The molecule has 1 unspecified atom stereocenters. The number of aromatic amines is 1. The molecule has 2 aromatic heterocycles. The van der Waals surface area contributed by atoms with E-state index in [4.69, 9.17) is 4.74 Å². The largest absolute Gasteiger partial charge is 0.383 e. The molecule has 160 valence electrons. The molecule has 30 heavy (non-hydrogen) atoms. The molecule has 4 rings (SSSR count). The van der Waals surface area contributed by atoms with E-state index in [0.717, 1.165) is 41.8 Å². The number of aromatic nitrogens is 5. The minimum Gasteiger partial charge on any atom is -0.383 e. The molecule has 3 atom stereocenters. The topological polar surface area (TPSA) is 90.1 Å². The predicted octanol–water partition coefficient (Wildman–Crippen LogP) is 1.18. The van der Waals surface area contributed by atoms with E-state index in [1.807, 2.05) is 12.1 Å². The number of nitrogens with zero attached hydrogens (tertiary/aromatic N) is 4. The Labute approximate surface area is 176 Å². The highest BCUT2D eigenvalue weighted by atomic mass is 16.5. The van der Waals surface area contributed by atoms with Crippen molar-refractivity contribution < 1.29 is 9.64 Å². The molecule has 1 aromatic carbocycles. The third kappa shape index (κ3) is 4.02. The van der Waals surface area contributed by atoms with Crippen LogP contribution >= 0.6 is 0 Å². The fraction of sp³-hybridized carbons (Fsp3) is 0.545. The van der Waals surface area contributed by atoms with Gasteiger partial charge in [-0.2, -0.15) is 0 Å². The van der Waals surface area contributed by atoms with Crippen LogP contribution < -0.4 is 10.5 Å². The molecular weight excluding hydrogens is 380 g/mol. The lowest BCUT2D eigenvalue weighted by Crippen LogP contribution is -3.14. The Hall–Kier alpha value is -2.58. The first-order valence-corrected chi connectivity index (χ1v) is 10.7. The van der Waals surface area contributed by atoms with Crippen molar-refractivity contribution >= 4 is 10.9 Å². The number of tetrazole rings is 1. The molecule has 1 saturated heterocycles. The summed E-state index contributed by atoms with van der Waals surface area (Å²) in [6.07, 6.45) is 2.35. The number of likely N-dealkylation sites (tertiary alicyclic amines) is 1. The van der Waals surface area contributed by atoms with Crippen molar-refractivity contribution in [3.63, 3.8) is 0 Å². The summed E-state index contributed by atoms with van der Waals surface area (Å²) in [5.41, 5.74) is 3.90. The van der Waals surface area contributed by atoms with Crippen molar-refractivity contribution in [2.24, 2.45) is 5.92 Å². The molecule has 1 aliphatic rings. The van der Waals surface area contributed by atoms with Crippen molar-refractivity contribution in [2.45, 2.75) is 46.2 Å². The fourth-order valence-corrected chi connectivity index (χ4v) is 4.60. The van der Waals surface area contributed by atoms with Crippen LogP contribution in [-0.2, 0) is 11.3 Å². The zero-order valence-corrected chi connectivity index (χ0v) is 18.2. The van der Waals surface area contributed by atoms with E-state index in [0.29, 0.717) is 19.1 Å². The van der Waals surface area contributed by atoms with E-state index in [2.05, 4.69) is 47.3 Å². The number of benzene rings is 1. The molecule has 0 amide bonds. The maximum absolute atomic E-state index is 13.2. The van der Waals surface area contributed by atoms with Gasteiger partial charge in [-0.3, -0.25) is 4.79 Å². The average Bonchev–Trinajstić information content (AvgIpc) is 3.17. The maximum Gasteiger partial charge on any atom is 0.258 e. The molecule has 0 radical (unpaired) electrons. The van der Waals surface area contributed by atoms with Gasteiger partial charge in [-0.1, -0.05) is 6.92 Å². The van der Waals surface area contributed by atoms with Crippen molar-refractivity contribution in [1.82, 2.24) is 25.2 Å². The number of hydrogen-bond donors (Lipinski definition) is 2. The number of hydrogen-bond acceptors (Lipinski definition) is 5. The SMILES string of the molecule is COCCn1nnnc1[C@@H](c1cc2cc(C)c(C)cc2[nH]c1=O)[NH+]1CCC[C@H](C)C1. The van der Waals surface area contributed by atoms with Crippen LogP contribution in [0.2, 0.25) is 0 Å². The second-order valence-electron chi connectivity index (χ2n) is 8.62. The summed E-state index contributed by atoms with van der Waals surface area (Å²) in [7, 11) is 1.66. The van der Waals surface area contributed by atoms with Gasteiger partial charge in [0.25, 0.3) is 5.56 Å². The van der Waals surface area contributed by atoms with Crippen LogP contribution in [0.1, 0.15) is 48.3 Å². The fourth-order valence-electron chi connectivity index (χ4n) is 4.60. The van der Waals surface area contributed by atoms with E-state index in [1.165, 1.54) is 22.4 Å². The third-order valence-electron chi connectivity index (χ3n) is 6.34. The number of piperidine rings is 1. The monoisotopic (exact) mass is 411 g/mol. The van der Waals surface area contributed by atoms with E-state index in [9.17, 15) is 4.79 Å². The summed E-state index contributed by atoms with van der Waals surface area (Å²) in [5.74, 6) is 1.33. The Bertz CT molecular complexity index is 1090. The zero-order chi connectivity index (χ0) is 21.3. The van der Waals surface area contributed by atoms with Crippen molar-refractivity contribution in [1.29, 1.82) is 0 Å². The van der Waals surface area contributed by atoms with E-state index >= 15 is 0 Å². The molecule has 8 heteroatoms. The molecule has 0 spiro atoms. The van der Waals surface area contributed by atoms with Gasteiger partial charge in [0.1, 0.15) is 0 Å². The molecule has 2 N–H and O–H groups in total. The lowest BCUT2D eigenvalue weighted by atomic mass is 9.95. The highest BCUT2D eigenvalue weighted by Crippen LogP contribution is 2.22. The van der Waals surface area contributed by atoms with E-state index < -0.39 is 0 Å². The Balaban J connectivity index is 1.85. The summed E-state index contributed by atoms with van der Waals surface area (Å²) in [6, 6.07) is 6.01. The molecule has 1 aliphatic heterocycles. The van der Waals surface area contributed by atoms with Gasteiger partial charge in [-0.15, -0.1) is 5.10 Å². The number of H-pyrrole nitrogens is 1. The summed E-state index contributed by atoms with van der Waals surface area (Å²) in [4.78, 5) is 17.7. The third-order valence-corrected chi connectivity index (χ3v) is 6.34. The van der Waals surface area contributed by atoms with Gasteiger partial charge in [0.05, 0.1) is 31.8 Å². The Morgan fingerprint density at radius 1 is 1.30 bits per heavy atom. The highest BCUT2D eigenvalue weighted by Gasteiger charge is 2.36. The second-order valence-corrected chi connectivity index (χ2v) is 8.62. The van der Waals surface area contributed by atoms with Gasteiger partial charge in [0.15, 0.2) is 6.04 Å². The van der Waals surface area contributed by atoms with Crippen molar-refractivity contribution in [2.75, 3.05) is 26.8 Å². The number of pyridine rings is 1. The number of rotatable bonds is 6. The first-order chi connectivity index (χ1) is 14.5. The van der Waals surface area contributed by atoms with E-state index in [-0.39, 0.29) is 11.6 Å². The lowest BCUT2D eigenvalue weighted by molar-refractivity contribution is -0.934. The maximum atomic E-state index is 13.2. The normalized spacial score (nSPS) is 20.5. The Morgan fingerprint density at radius 2 is 2.10 bits per heavy atom. The molecule has 3 aromatic rings. The van der Waals surface area contributed by atoms with Crippen molar-refractivity contribution in [3.05, 3.63) is 51.1 Å². The van der Waals surface area contributed by atoms with Gasteiger partial charge < -0.3 is 14.6 Å². The summed E-state index contributed by atoms with van der Waals surface area (Å²) in [6.45, 7) is 9.50. The number of methoxy groups -OCH3 is 1. The first kappa shape index (κ1) is 20.7. The van der Waals surface area contributed by atoms with Crippen LogP contribution in [0.5, 0.6) is 0 Å². The standard InChI is InChI=1S/C22H30N6O2/c1-14-6-5-7-27(13-14)20(21-24-25-26-28(21)8-9-30-4)18-12-17-10-15(2)16(3)11-19(17)23-22(18)29/h10-12,14,20H,5-9,13H2,1-4H3,(H,23,29)/p+1/t14-,20+/m0/s1. The predicted molar refractivity (Wildman–Crippen MR) is 115 cm³/mol. The van der Waals surface area contributed by atoms with Crippen molar-refractivity contribution in [3.8, 4) is 0 Å². The van der Waals surface area contributed by atoms with Crippen LogP contribution in [0.4, 0.5) is 0 Å². The highest BCUT2D eigenvalue weighted by molar-refractivity contribution is 5.80.